The van der Waals surface area contributed by atoms with E-state index in [1.54, 1.807) is 0 Å². The van der Waals surface area contributed by atoms with Crippen LogP contribution in [0.15, 0.2) is 42.1 Å². The first-order valence-corrected chi connectivity index (χ1v) is 9.41. The van der Waals surface area contributed by atoms with E-state index in [0.29, 0.717) is 6.42 Å². The number of para-hydroxylation sites is 1. The zero-order valence-corrected chi connectivity index (χ0v) is 14.1. The highest BCUT2D eigenvalue weighted by Crippen LogP contribution is 2.45. The van der Waals surface area contributed by atoms with Crippen LogP contribution in [0.1, 0.15) is 39.5 Å². The molecule has 1 N–H and O–H groups in total. The molecule has 1 atom stereocenters. The molecule has 1 aliphatic rings. The first-order chi connectivity index (χ1) is 10.4. The Bertz CT molecular complexity index is 625. The number of allylic oxidation sites excluding steroid dienone is 2. The van der Waals surface area contributed by atoms with Gasteiger partial charge in [0.05, 0.1) is 5.75 Å². The zero-order chi connectivity index (χ0) is 16.2. The Kier molecular flexibility index (Phi) is 5.29. The molecule has 0 amide bonds. The summed E-state index contributed by atoms with van der Waals surface area (Å²) in [5, 5.41) is 0. The standard InChI is InChI=1S/C17H25NO3S/c1-3-16-17(2,11-7-8-14-22(19,20)21)12-13-18(16)15-9-5-4-6-10-15/h3-6,9-10H,7-8,11-14H2,1-2H3,(H,19,20,21)/b16-3-. The van der Waals surface area contributed by atoms with Gasteiger partial charge in [0, 0.05) is 23.3 Å². The van der Waals surface area contributed by atoms with Gasteiger partial charge in [-0.15, -0.1) is 0 Å². The quantitative estimate of drug-likeness (QED) is 0.638. The minimum absolute atomic E-state index is 0.0732. The molecule has 0 radical (unpaired) electrons. The van der Waals surface area contributed by atoms with Gasteiger partial charge >= 0.3 is 0 Å². The molecule has 1 unspecified atom stereocenters. The van der Waals surface area contributed by atoms with Crippen LogP contribution in [0.5, 0.6) is 0 Å². The third kappa shape index (κ3) is 4.11. The number of nitrogens with zero attached hydrogens (tertiary/aromatic N) is 1. The summed E-state index contributed by atoms with van der Waals surface area (Å²) in [5.41, 5.74) is 2.59. The number of unbranched alkanes of at least 4 members (excludes halogenated alkanes) is 1. The van der Waals surface area contributed by atoms with Gasteiger partial charge in [-0.2, -0.15) is 8.42 Å². The molecular formula is C17H25NO3S. The van der Waals surface area contributed by atoms with Crippen molar-refractivity contribution in [3.05, 3.63) is 42.1 Å². The number of anilines is 1. The Labute approximate surface area is 133 Å². The van der Waals surface area contributed by atoms with E-state index in [1.807, 2.05) is 18.2 Å². The summed E-state index contributed by atoms with van der Waals surface area (Å²) in [4.78, 5) is 2.35. The molecule has 0 aromatic heterocycles. The van der Waals surface area contributed by atoms with Crippen LogP contribution in [0.3, 0.4) is 0 Å². The molecular weight excluding hydrogens is 298 g/mol. The Morgan fingerprint density at radius 3 is 2.55 bits per heavy atom. The summed E-state index contributed by atoms with van der Waals surface area (Å²) in [6.07, 6.45) is 5.48. The minimum atomic E-state index is -3.84. The predicted molar refractivity (Wildman–Crippen MR) is 90.5 cm³/mol. The molecule has 1 aromatic carbocycles. The fourth-order valence-corrected chi connectivity index (χ4v) is 3.93. The summed E-state index contributed by atoms with van der Waals surface area (Å²) >= 11 is 0. The van der Waals surface area contributed by atoms with Crippen molar-refractivity contribution in [1.29, 1.82) is 0 Å². The van der Waals surface area contributed by atoms with Gasteiger partial charge in [0.2, 0.25) is 0 Å². The highest BCUT2D eigenvalue weighted by atomic mass is 32.2. The van der Waals surface area contributed by atoms with Crippen molar-refractivity contribution in [2.24, 2.45) is 5.41 Å². The Morgan fingerprint density at radius 2 is 1.95 bits per heavy atom. The topological polar surface area (TPSA) is 57.6 Å². The monoisotopic (exact) mass is 323 g/mol. The van der Waals surface area contributed by atoms with Gasteiger partial charge < -0.3 is 4.90 Å². The third-order valence-electron chi connectivity index (χ3n) is 4.52. The van der Waals surface area contributed by atoms with E-state index in [-0.39, 0.29) is 11.2 Å². The van der Waals surface area contributed by atoms with E-state index in [9.17, 15) is 8.42 Å². The summed E-state index contributed by atoms with van der Waals surface area (Å²) in [6, 6.07) is 10.3. The van der Waals surface area contributed by atoms with Crippen LogP contribution >= 0.6 is 0 Å². The molecule has 1 heterocycles. The normalized spacial score (nSPS) is 24.1. The average Bonchev–Trinajstić information content (AvgIpc) is 2.81. The van der Waals surface area contributed by atoms with E-state index >= 15 is 0 Å². The van der Waals surface area contributed by atoms with E-state index < -0.39 is 10.1 Å². The first kappa shape index (κ1) is 17.0. The maximum absolute atomic E-state index is 10.8. The number of benzene rings is 1. The zero-order valence-electron chi connectivity index (χ0n) is 13.3. The second kappa shape index (κ2) is 6.84. The molecule has 1 fully saturated rings. The second-order valence-electron chi connectivity index (χ2n) is 6.21. The third-order valence-corrected chi connectivity index (χ3v) is 5.32. The molecule has 0 bridgehead atoms. The molecule has 1 aliphatic heterocycles. The maximum Gasteiger partial charge on any atom is 0.264 e. The molecule has 1 saturated heterocycles. The summed E-state index contributed by atoms with van der Waals surface area (Å²) in [7, 11) is -3.84. The van der Waals surface area contributed by atoms with Gasteiger partial charge in [-0.1, -0.05) is 37.6 Å². The SMILES string of the molecule is C/C=C1\N(c2ccccc2)CCC1(C)CCCCS(=O)(=O)O. The van der Waals surface area contributed by atoms with Gasteiger partial charge in [-0.3, -0.25) is 4.55 Å². The van der Waals surface area contributed by atoms with E-state index in [2.05, 4.69) is 37.0 Å². The highest BCUT2D eigenvalue weighted by Gasteiger charge is 2.38. The van der Waals surface area contributed by atoms with Gasteiger partial charge in [0.1, 0.15) is 0 Å². The number of hydrogen-bond donors (Lipinski definition) is 1. The molecule has 0 aliphatic carbocycles. The highest BCUT2D eigenvalue weighted by molar-refractivity contribution is 7.85. The predicted octanol–water partition coefficient (Wildman–Crippen LogP) is 3.86. The Balaban J connectivity index is 2.02. The van der Waals surface area contributed by atoms with Crippen LogP contribution in [0.4, 0.5) is 5.69 Å². The van der Waals surface area contributed by atoms with Crippen LogP contribution in [-0.2, 0) is 10.1 Å². The van der Waals surface area contributed by atoms with Crippen molar-refractivity contribution in [2.45, 2.75) is 39.5 Å². The lowest BCUT2D eigenvalue weighted by molar-refractivity contribution is 0.366. The lowest BCUT2D eigenvalue weighted by atomic mass is 9.81. The fourth-order valence-electron chi connectivity index (χ4n) is 3.37. The molecule has 122 valence electrons. The van der Waals surface area contributed by atoms with Crippen LogP contribution in [0.25, 0.3) is 0 Å². The van der Waals surface area contributed by atoms with Crippen LogP contribution in [0.2, 0.25) is 0 Å². The van der Waals surface area contributed by atoms with E-state index in [0.717, 1.165) is 25.8 Å². The summed E-state index contributed by atoms with van der Waals surface area (Å²) in [6.45, 7) is 5.30. The van der Waals surface area contributed by atoms with Gasteiger partial charge in [0.15, 0.2) is 0 Å². The smallest absolute Gasteiger partial charge is 0.264 e. The van der Waals surface area contributed by atoms with Crippen LogP contribution in [0, 0.1) is 5.41 Å². The molecule has 4 nitrogen and oxygen atoms in total. The van der Waals surface area contributed by atoms with Crippen LogP contribution in [-0.4, -0.2) is 25.3 Å². The van der Waals surface area contributed by atoms with Crippen molar-refractivity contribution in [3.63, 3.8) is 0 Å². The number of rotatable bonds is 6. The molecule has 5 heteroatoms. The van der Waals surface area contributed by atoms with Crippen molar-refractivity contribution < 1.29 is 13.0 Å². The van der Waals surface area contributed by atoms with E-state index in [1.165, 1.54) is 11.4 Å². The first-order valence-electron chi connectivity index (χ1n) is 7.80. The molecule has 0 saturated carbocycles. The largest absolute Gasteiger partial charge is 0.345 e. The molecule has 22 heavy (non-hydrogen) atoms. The molecule has 0 spiro atoms. The maximum atomic E-state index is 10.8. The average molecular weight is 323 g/mol. The van der Waals surface area contributed by atoms with E-state index in [4.69, 9.17) is 4.55 Å². The Hall–Kier alpha value is -1.33. The molecule has 2 rings (SSSR count). The number of hydrogen-bond acceptors (Lipinski definition) is 3. The van der Waals surface area contributed by atoms with Crippen molar-refractivity contribution in [2.75, 3.05) is 17.2 Å². The van der Waals surface area contributed by atoms with Crippen molar-refractivity contribution in [3.8, 4) is 0 Å². The van der Waals surface area contributed by atoms with Gasteiger partial charge in [-0.05, 0) is 38.3 Å². The molecule has 1 aromatic rings. The lowest BCUT2D eigenvalue weighted by Crippen LogP contribution is -2.22. The second-order valence-corrected chi connectivity index (χ2v) is 7.79. The minimum Gasteiger partial charge on any atom is -0.345 e. The summed E-state index contributed by atoms with van der Waals surface area (Å²) < 4.78 is 30.4. The fraction of sp³-hybridized carbons (Fsp3) is 0.529. The lowest BCUT2D eigenvalue weighted by Gasteiger charge is -2.29. The summed E-state index contributed by atoms with van der Waals surface area (Å²) in [5.74, 6) is -0.142. The van der Waals surface area contributed by atoms with Crippen LogP contribution < -0.4 is 4.90 Å². The van der Waals surface area contributed by atoms with Gasteiger partial charge in [0.25, 0.3) is 10.1 Å². The van der Waals surface area contributed by atoms with Crippen molar-refractivity contribution in [1.82, 2.24) is 0 Å². The Morgan fingerprint density at radius 1 is 1.27 bits per heavy atom. The van der Waals surface area contributed by atoms with Crippen molar-refractivity contribution >= 4 is 15.8 Å². The van der Waals surface area contributed by atoms with Gasteiger partial charge in [-0.25, -0.2) is 0 Å².